The molecule has 0 spiro atoms. The number of carbonyl (C=O) groups excluding carboxylic acids is 1. The minimum absolute atomic E-state index is 0.137. The van der Waals surface area contributed by atoms with Crippen molar-refractivity contribution in [3.05, 3.63) is 77.1 Å². The summed E-state index contributed by atoms with van der Waals surface area (Å²) in [4.78, 5) is 20.0. The summed E-state index contributed by atoms with van der Waals surface area (Å²) in [6.07, 6.45) is 1.85. The van der Waals surface area contributed by atoms with Crippen LogP contribution in [0.3, 0.4) is 0 Å². The van der Waals surface area contributed by atoms with E-state index in [-0.39, 0.29) is 11.9 Å². The Morgan fingerprint density at radius 2 is 1.86 bits per heavy atom. The lowest BCUT2D eigenvalue weighted by molar-refractivity contribution is 0.0979. The van der Waals surface area contributed by atoms with Crippen molar-refractivity contribution in [2.45, 2.75) is 40.3 Å². The second-order valence-electron chi connectivity index (χ2n) is 7.50. The number of hydrogen-bond donors (Lipinski definition) is 0. The second-order valence-corrected chi connectivity index (χ2v) is 8.51. The van der Waals surface area contributed by atoms with Crippen LogP contribution in [0.5, 0.6) is 0 Å². The Morgan fingerprint density at radius 3 is 2.55 bits per heavy atom. The first-order valence-corrected chi connectivity index (χ1v) is 10.5. The molecule has 2 aromatic heterocycles. The number of aryl methyl sites for hydroxylation is 2. The number of benzene rings is 2. The fourth-order valence-corrected chi connectivity index (χ4v) is 4.22. The third kappa shape index (κ3) is 3.80. The van der Waals surface area contributed by atoms with E-state index in [4.69, 9.17) is 4.98 Å². The maximum atomic E-state index is 13.4. The van der Waals surface area contributed by atoms with Gasteiger partial charge in [0, 0.05) is 12.2 Å². The highest BCUT2D eigenvalue weighted by atomic mass is 32.1. The molecule has 0 aliphatic carbocycles. The minimum Gasteiger partial charge on any atom is -0.278 e. The van der Waals surface area contributed by atoms with Crippen molar-refractivity contribution < 1.29 is 4.79 Å². The van der Waals surface area contributed by atoms with Gasteiger partial charge in [0.25, 0.3) is 5.91 Å². The Hall–Kier alpha value is -2.99. The molecule has 0 radical (unpaired) electrons. The maximum Gasteiger partial charge on any atom is 0.280 e. The van der Waals surface area contributed by atoms with Gasteiger partial charge < -0.3 is 0 Å². The molecular formula is C23H24N4OS. The number of aromatic nitrogens is 3. The van der Waals surface area contributed by atoms with E-state index in [1.807, 2.05) is 50.4 Å². The normalized spacial score (nSPS) is 11.3. The monoisotopic (exact) mass is 404 g/mol. The number of nitrogens with zero attached hydrogens (tertiary/aromatic N) is 4. The van der Waals surface area contributed by atoms with Crippen LogP contribution in [0.1, 0.15) is 47.1 Å². The predicted molar refractivity (Wildman–Crippen MR) is 119 cm³/mol. The number of carbonyl (C=O) groups is 1. The molecule has 0 N–H and O–H groups in total. The van der Waals surface area contributed by atoms with Crippen molar-refractivity contribution >= 4 is 32.6 Å². The number of hydrogen-bond acceptors (Lipinski definition) is 4. The van der Waals surface area contributed by atoms with Crippen molar-refractivity contribution in [2.75, 3.05) is 4.90 Å². The highest BCUT2D eigenvalue weighted by Crippen LogP contribution is 2.33. The van der Waals surface area contributed by atoms with Gasteiger partial charge in [-0.25, -0.2) is 4.98 Å². The Morgan fingerprint density at radius 1 is 1.10 bits per heavy atom. The van der Waals surface area contributed by atoms with Gasteiger partial charge in [-0.15, -0.1) is 0 Å². The van der Waals surface area contributed by atoms with E-state index in [0.717, 1.165) is 21.3 Å². The topological polar surface area (TPSA) is 51.0 Å². The molecule has 6 heteroatoms. The van der Waals surface area contributed by atoms with Gasteiger partial charge in [-0.2, -0.15) is 5.10 Å². The molecule has 148 valence electrons. The lowest BCUT2D eigenvalue weighted by Gasteiger charge is -2.19. The summed E-state index contributed by atoms with van der Waals surface area (Å²) >= 11 is 1.54. The summed E-state index contributed by atoms with van der Waals surface area (Å²) < 4.78 is 2.89. The summed E-state index contributed by atoms with van der Waals surface area (Å²) in [5.41, 5.74) is 4.80. The van der Waals surface area contributed by atoms with E-state index in [2.05, 4.69) is 31.1 Å². The highest BCUT2D eigenvalue weighted by Gasteiger charge is 2.24. The van der Waals surface area contributed by atoms with Crippen molar-refractivity contribution in [1.82, 2.24) is 14.8 Å². The van der Waals surface area contributed by atoms with E-state index in [0.29, 0.717) is 17.4 Å². The van der Waals surface area contributed by atoms with E-state index in [9.17, 15) is 4.79 Å². The molecule has 2 heterocycles. The summed E-state index contributed by atoms with van der Waals surface area (Å²) in [6, 6.07) is 16.2. The fourth-order valence-electron chi connectivity index (χ4n) is 3.20. The number of amides is 1. The van der Waals surface area contributed by atoms with Crippen LogP contribution < -0.4 is 4.90 Å². The van der Waals surface area contributed by atoms with Crippen molar-refractivity contribution in [1.29, 1.82) is 0 Å². The second kappa shape index (κ2) is 7.79. The van der Waals surface area contributed by atoms with Crippen molar-refractivity contribution in [3.8, 4) is 0 Å². The molecule has 1 amide bonds. The molecule has 2 aromatic carbocycles. The lowest BCUT2D eigenvalue weighted by Crippen LogP contribution is -2.30. The zero-order valence-corrected chi connectivity index (χ0v) is 17.9. The van der Waals surface area contributed by atoms with Crippen LogP contribution in [-0.2, 0) is 6.54 Å². The van der Waals surface area contributed by atoms with Gasteiger partial charge in [0.1, 0.15) is 0 Å². The molecule has 4 aromatic rings. The first-order valence-electron chi connectivity index (χ1n) is 9.71. The molecule has 0 atom stereocenters. The van der Waals surface area contributed by atoms with Gasteiger partial charge in [-0.3, -0.25) is 14.4 Å². The average molecular weight is 405 g/mol. The van der Waals surface area contributed by atoms with Gasteiger partial charge in [0.2, 0.25) is 0 Å². The Balaban J connectivity index is 1.77. The Bertz CT molecular complexity index is 1160. The van der Waals surface area contributed by atoms with Gasteiger partial charge >= 0.3 is 0 Å². The molecule has 0 bridgehead atoms. The minimum atomic E-state index is -0.137. The van der Waals surface area contributed by atoms with Gasteiger partial charge in [0.05, 0.1) is 16.8 Å². The van der Waals surface area contributed by atoms with E-state index < -0.39 is 0 Å². The molecule has 0 aliphatic heterocycles. The Kier molecular flexibility index (Phi) is 5.20. The SMILES string of the molecule is Cc1ccc2sc(N(Cc3ccccc3)C(=O)c3ccn(C(C)C)n3)nc2c1C. The summed E-state index contributed by atoms with van der Waals surface area (Å²) in [6.45, 7) is 8.70. The smallest absolute Gasteiger partial charge is 0.278 e. The van der Waals surface area contributed by atoms with Crippen LogP contribution in [0.2, 0.25) is 0 Å². The van der Waals surface area contributed by atoms with Crippen LogP contribution in [0.25, 0.3) is 10.2 Å². The molecular weight excluding hydrogens is 380 g/mol. The summed E-state index contributed by atoms with van der Waals surface area (Å²) in [7, 11) is 0. The molecule has 0 aliphatic rings. The average Bonchev–Trinajstić information content (AvgIpc) is 3.37. The molecule has 0 saturated heterocycles. The molecule has 5 nitrogen and oxygen atoms in total. The number of rotatable bonds is 5. The molecule has 0 saturated carbocycles. The van der Waals surface area contributed by atoms with Crippen molar-refractivity contribution in [2.24, 2.45) is 0 Å². The highest BCUT2D eigenvalue weighted by molar-refractivity contribution is 7.22. The van der Waals surface area contributed by atoms with Crippen LogP contribution in [0.4, 0.5) is 5.13 Å². The first kappa shape index (κ1) is 19.3. The maximum absolute atomic E-state index is 13.4. The summed E-state index contributed by atoms with van der Waals surface area (Å²) in [5.74, 6) is -0.137. The largest absolute Gasteiger partial charge is 0.280 e. The van der Waals surface area contributed by atoms with E-state index >= 15 is 0 Å². The van der Waals surface area contributed by atoms with Crippen LogP contribution >= 0.6 is 11.3 Å². The first-order chi connectivity index (χ1) is 13.9. The fraction of sp³-hybridized carbons (Fsp3) is 0.261. The molecule has 0 unspecified atom stereocenters. The van der Waals surface area contributed by atoms with Crippen LogP contribution in [0.15, 0.2) is 54.7 Å². The van der Waals surface area contributed by atoms with Crippen LogP contribution in [-0.4, -0.2) is 20.7 Å². The van der Waals surface area contributed by atoms with E-state index in [1.165, 1.54) is 5.56 Å². The van der Waals surface area contributed by atoms with Gasteiger partial charge in [0.15, 0.2) is 10.8 Å². The van der Waals surface area contributed by atoms with E-state index in [1.54, 1.807) is 27.0 Å². The van der Waals surface area contributed by atoms with Gasteiger partial charge in [-0.05, 0) is 56.5 Å². The summed E-state index contributed by atoms with van der Waals surface area (Å²) in [5, 5.41) is 5.18. The quantitative estimate of drug-likeness (QED) is 0.439. The third-order valence-electron chi connectivity index (χ3n) is 5.09. The van der Waals surface area contributed by atoms with Gasteiger partial charge in [-0.1, -0.05) is 47.7 Å². The predicted octanol–water partition coefficient (Wildman–Crippen LogP) is 5.54. The standard InChI is InChI=1S/C23H24N4OS/c1-15(2)27-13-12-19(25-27)22(28)26(14-18-8-6-5-7-9-18)23-24-21-17(4)16(3)10-11-20(21)29-23/h5-13,15H,14H2,1-4H3. The number of fused-ring (bicyclic) bond motifs is 1. The Labute approximate surface area is 174 Å². The molecule has 29 heavy (non-hydrogen) atoms. The molecule has 4 rings (SSSR count). The zero-order chi connectivity index (χ0) is 20.5. The van der Waals surface area contributed by atoms with Crippen LogP contribution in [0, 0.1) is 13.8 Å². The zero-order valence-electron chi connectivity index (χ0n) is 17.1. The number of thiazole rings is 1. The number of anilines is 1. The molecule has 0 fully saturated rings. The lowest BCUT2D eigenvalue weighted by atomic mass is 10.1. The van der Waals surface area contributed by atoms with Crippen molar-refractivity contribution in [3.63, 3.8) is 0 Å². The third-order valence-corrected chi connectivity index (χ3v) is 6.13.